The Morgan fingerprint density at radius 2 is 1.56 bits per heavy atom. The van der Waals surface area contributed by atoms with Crippen molar-refractivity contribution in [1.29, 1.82) is 0 Å². The molecule has 0 fully saturated rings. The Kier molecular flexibility index (Phi) is 6.67. The summed E-state index contributed by atoms with van der Waals surface area (Å²) in [6, 6.07) is 12.9. The van der Waals surface area contributed by atoms with Gasteiger partial charge in [-0.05, 0) is 35.4 Å². The van der Waals surface area contributed by atoms with E-state index in [-0.39, 0.29) is 22.1 Å². The van der Waals surface area contributed by atoms with Crippen molar-refractivity contribution in [2.75, 3.05) is 11.6 Å². The molecule has 32 heavy (non-hydrogen) atoms. The van der Waals surface area contributed by atoms with Crippen molar-refractivity contribution in [3.8, 4) is 0 Å². The Labute approximate surface area is 203 Å². The average molecular weight is 508 g/mol. The molecule has 4 rings (SSSR count). The van der Waals surface area contributed by atoms with E-state index in [0.29, 0.717) is 45.4 Å². The second kappa shape index (κ2) is 9.46. The van der Waals surface area contributed by atoms with Crippen LogP contribution in [0.4, 0.5) is 10.5 Å². The maximum Gasteiger partial charge on any atom is 0.342 e. The van der Waals surface area contributed by atoms with Crippen molar-refractivity contribution in [2.45, 2.75) is 6.42 Å². The van der Waals surface area contributed by atoms with Crippen LogP contribution in [-0.4, -0.2) is 29.6 Å². The summed E-state index contributed by atoms with van der Waals surface area (Å²) >= 11 is 24.7. The van der Waals surface area contributed by atoms with Crippen LogP contribution in [0.25, 0.3) is 0 Å². The highest BCUT2D eigenvalue weighted by molar-refractivity contribution is 6.36. The van der Waals surface area contributed by atoms with E-state index >= 15 is 0 Å². The van der Waals surface area contributed by atoms with Crippen LogP contribution in [0.3, 0.4) is 0 Å². The van der Waals surface area contributed by atoms with Crippen LogP contribution in [0.5, 0.6) is 0 Å². The number of urea groups is 1. The van der Waals surface area contributed by atoms with Gasteiger partial charge in [-0.1, -0.05) is 70.7 Å². The van der Waals surface area contributed by atoms with Gasteiger partial charge in [0, 0.05) is 33.8 Å². The molecule has 1 N–H and O–H groups in total. The van der Waals surface area contributed by atoms with Gasteiger partial charge in [0.25, 0.3) is 0 Å². The Morgan fingerprint density at radius 3 is 2.16 bits per heavy atom. The number of nitrogens with one attached hydrogen (secondary N) is 1. The van der Waals surface area contributed by atoms with Crippen LogP contribution < -0.4 is 10.3 Å². The maximum atomic E-state index is 12.7. The quantitative estimate of drug-likeness (QED) is 0.338. The van der Waals surface area contributed by atoms with Crippen LogP contribution in [-0.2, 0) is 6.42 Å². The molecule has 0 saturated carbocycles. The number of halogens is 4. The van der Waals surface area contributed by atoms with E-state index in [1.807, 2.05) is 12.1 Å². The maximum absolute atomic E-state index is 12.7. The Hall–Kier alpha value is -2.64. The average Bonchev–Trinajstić information content (AvgIpc) is 2.76. The van der Waals surface area contributed by atoms with Crippen LogP contribution in [0, 0.1) is 0 Å². The van der Waals surface area contributed by atoms with Gasteiger partial charge in [-0.15, -0.1) is 0 Å². The third-order valence-electron chi connectivity index (χ3n) is 4.73. The zero-order valence-electron chi connectivity index (χ0n) is 16.3. The summed E-state index contributed by atoms with van der Waals surface area (Å²) in [5, 5.41) is 9.04. The van der Waals surface area contributed by atoms with Gasteiger partial charge in [0.2, 0.25) is 0 Å². The van der Waals surface area contributed by atoms with Gasteiger partial charge in [0.05, 0.1) is 12.2 Å². The second-order valence-electron chi connectivity index (χ2n) is 6.89. The van der Waals surface area contributed by atoms with Crippen molar-refractivity contribution >= 4 is 70.1 Å². The number of nitrogens with zero attached hydrogens (tertiary/aromatic N) is 3. The molecule has 162 valence electrons. The largest absolute Gasteiger partial charge is 0.342 e. The number of aromatic nitrogens is 1. The minimum atomic E-state index is -0.357. The number of benzene rings is 2. The predicted octanol–water partition coefficient (Wildman–Crippen LogP) is 6.03. The van der Waals surface area contributed by atoms with Crippen molar-refractivity contribution in [3.63, 3.8) is 0 Å². The fourth-order valence-corrected chi connectivity index (χ4v) is 4.26. The van der Waals surface area contributed by atoms with Gasteiger partial charge in [0.15, 0.2) is 5.78 Å². The number of carbonyl (C=O) groups excluding carboxylic acids is 2. The van der Waals surface area contributed by atoms with E-state index in [2.05, 4.69) is 15.4 Å². The molecular weight excluding hydrogens is 494 g/mol. The smallest absolute Gasteiger partial charge is 0.331 e. The third kappa shape index (κ3) is 4.89. The van der Waals surface area contributed by atoms with Gasteiger partial charge in [-0.25, -0.2) is 9.78 Å². The molecule has 3 aromatic rings. The van der Waals surface area contributed by atoms with Crippen molar-refractivity contribution in [2.24, 2.45) is 5.10 Å². The summed E-state index contributed by atoms with van der Waals surface area (Å²) < 4.78 is 0. The molecule has 0 unspecified atom stereocenters. The fourth-order valence-electron chi connectivity index (χ4n) is 3.19. The lowest BCUT2D eigenvalue weighted by Gasteiger charge is -2.22. The summed E-state index contributed by atoms with van der Waals surface area (Å²) in [6.07, 6.45) is 2.02. The number of amides is 2. The number of carbonyl (C=O) groups is 2. The molecule has 1 aliphatic heterocycles. The van der Waals surface area contributed by atoms with Crippen molar-refractivity contribution < 1.29 is 9.59 Å². The number of ketones is 1. The number of hydrazone groups is 1. The molecule has 0 bridgehead atoms. The van der Waals surface area contributed by atoms with Gasteiger partial charge in [0.1, 0.15) is 10.3 Å². The van der Waals surface area contributed by atoms with E-state index in [1.165, 1.54) is 17.1 Å². The third-order valence-corrected chi connectivity index (χ3v) is 5.79. The summed E-state index contributed by atoms with van der Waals surface area (Å²) in [4.78, 5) is 28.5. The number of anilines is 1. The lowest BCUT2D eigenvalue weighted by molar-refractivity contribution is 0.103. The predicted molar refractivity (Wildman–Crippen MR) is 128 cm³/mol. The summed E-state index contributed by atoms with van der Waals surface area (Å²) in [5.41, 5.74) is 2.90. The fraction of sp³-hybridized carbons (Fsp3) is 0.0909. The minimum Gasteiger partial charge on any atom is -0.331 e. The molecule has 0 aliphatic carbocycles. The lowest BCUT2D eigenvalue weighted by atomic mass is 9.99. The first-order valence-electron chi connectivity index (χ1n) is 9.37. The molecule has 1 aliphatic rings. The summed E-state index contributed by atoms with van der Waals surface area (Å²) in [7, 11) is 0. The SMILES string of the molecule is O=C(c1ccc(Cc2c(Cl)cc(N3N=CCNC3=O)cc2Cl)cc1)c1cc(Cl)nc(Cl)c1. The Morgan fingerprint density at radius 1 is 0.938 bits per heavy atom. The number of hydrogen-bond donors (Lipinski definition) is 1. The zero-order valence-corrected chi connectivity index (χ0v) is 19.3. The topological polar surface area (TPSA) is 74.7 Å². The number of pyridine rings is 1. The first-order chi connectivity index (χ1) is 15.3. The Bertz CT molecular complexity index is 1200. The standard InChI is InChI=1S/C22H14Cl4N4O2/c23-17-10-15(30-22(32)27-5-6-28-30)11-18(24)16(17)7-12-1-3-13(4-2-12)21(31)14-8-19(25)29-20(26)9-14/h1-4,6,8-11H,5,7H2,(H,27,32). The summed E-state index contributed by atoms with van der Waals surface area (Å²) in [5.74, 6) is -0.219. The lowest BCUT2D eigenvalue weighted by Crippen LogP contribution is -2.41. The molecule has 0 saturated heterocycles. The highest BCUT2D eigenvalue weighted by atomic mass is 35.5. The van der Waals surface area contributed by atoms with Crippen LogP contribution in [0.1, 0.15) is 27.0 Å². The van der Waals surface area contributed by atoms with Crippen molar-refractivity contribution in [1.82, 2.24) is 10.3 Å². The van der Waals surface area contributed by atoms with Crippen molar-refractivity contribution in [3.05, 3.63) is 91.1 Å². The highest BCUT2D eigenvalue weighted by Crippen LogP contribution is 2.33. The zero-order chi connectivity index (χ0) is 22.8. The molecule has 6 nitrogen and oxygen atoms in total. The molecule has 0 radical (unpaired) electrons. The Balaban J connectivity index is 1.54. The molecule has 2 aromatic carbocycles. The van der Waals surface area contributed by atoms with E-state index in [1.54, 1.807) is 30.5 Å². The van der Waals surface area contributed by atoms with Crippen LogP contribution in [0.2, 0.25) is 20.4 Å². The van der Waals surface area contributed by atoms with E-state index in [0.717, 1.165) is 5.56 Å². The van der Waals surface area contributed by atoms with Crippen LogP contribution >= 0.6 is 46.4 Å². The second-order valence-corrected chi connectivity index (χ2v) is 8.48. The first kappa shape index (κ1) is 22.6. The van der Waals surface area contributed by atoms with Gasteiger partial charge < -0.3 is 5.32 Å². The first-order valence-corrected chi connectivity index (χ1v) is 10.9. The number of rotatable bonds is 5. The molecular formula is C22H14Cl4N4O2. The van der Waals surface area contributed by atoms with Gasteiger partial charge >= 0.3 is 6.03 Å². The minimum absolute atomic E-state index is 0.151. The molecule has 0 spiro atoms. The normalized spacial score (nSPS) is 13.2. The molecule has 0 atom stereocenters. The molecule has 2 amide bonds. The van der Waals surface area contributed by atoms with E-state index < -0.39 is 0 Å². The molecule has 10 heteroatoms. The van der Waals surface area contributed by atoms with Gasteiger partial charge in [-0.2, -0.15) is 10.1 Å². The van der Waals surface area contributed by atoms with Crippen LogP contribution in [0.15, 0.2) is 53.6 Å². The van der Waals surface area contributed by atoms with E-state index in [4.69, 9.17) is 46.4 Å². The monoisotopic (exact) mass is 506 g/mol. The van der Waals surface area contributed by atoms with E-state index in [9.17, 15) is 9.59 Å². The highest BCUT2D eigenvalue weighted by Gasteiger charge is 2.20. The number of hydrogen-bond acceptors (Lipinski definition) is 4. The summed E-state index contributed by atoms with van der Waals surface area (Å²) in [6.45, 7) is 0.370. The molecule has 2 heterocycles. The molecule has 1 aromatic heterocycles. The van der Waals surface area contributed by atoms with Gasteiger partial charge in [-0.3, -0.25) is 4.79 Å².